The van der Waals surface area contributed by atoms with Crippen molar-refractivity contribution in [3.63, 3.8) is 0 Å². The van der Waals surface area contributed by atoms with Gasteiger partial charge in [-0.3, -0.25) is 14.5 Å². The van der Waals surface area contributed by atoms with Crippen LogP contribution in [0.2, 0.25) is 0 Å². The summed E-state index contributed by atoms with van der Waals surface area (Å²) in [5, 5.41) is 6.63. The number of amides is 3. The number of ether oxygens (including phenoxy) is 2. The lowest BCUT2D eigenvalue weighted by Gasteiger charge is -2.32. The molecule has 270 valence electrons. The van der Waals surface area contributed by atoms with E-state index in [0.717, 1.165) is 40.3 Å². The molecule has 11 nitrogen and oxygen atoms in total. The van der Waals surface area contributed by atoms with Crippen LogP contribution in [-0.4, -0.2) is 79.8 Å². The van der Waals surface area contributed by atoms with Gasteiger partial charge in [-0.1, -0.05) is 61.5 Å². The number of hydrazone groups is 1. The van der Waals surface area contributed by atoms with Gasteiger partial charge < -0.3 is 23.7 Å². The maximum Gasteiger partial charge on any atom is 0.415 e. The third kappa shape index (κ3) is 7.22. The first-order valence-electron chi connectivity index (χ1n) is 17.4. The van der Waals surface area contributed by atoms with Gasteiger partial charge in [-0.25, -0.2) is 10.2 Å². The number of nitrogens with zero attached hydrogens (tertiary/aromatic N) is 4. The van der Waals surface area contributed by atoms with Gasteiger partial charge in [0, 0.05) is 42.9 Å². The van der Waals surface area contributed by atoms with Crippen LogP contribution in [0.25, 0.3) is 21.7 Å². The molecule has 5 aromatic rings. The average Bonchev–Trinajstić information content (AvgIpc) is 3.75. The molecule has 0 saturated heterocycles. The van der Waals surface area contributed by atoms with Crippen LogP contribution in [0.3, 0.4) is 0 Å². The first-order chi connectivity index (χ1) is 24.9. The second-order valence-electron chi connectivity index (χ2n) is 13.8. The molecular weight excluding hydrogens is 658 g/mol. The Morgan fingerprint density at radius 2 is 1.67 bits per heavy atom. The van der Waals surface area contributed by atoms with Gasteiger partial charge >= 0.3 is 6.09 Å². The first-order valence-corrected chi connectivity index (χ1v) is 17.4. The first kappa shape index (κ1) is 36.1. The van der Waals surface area contributed by atoms with Crippen molar-refractivity contribution in [2.75, 3.05) is 45.7 Å². The lowest BCUT2D eigenvalue weighted by Crippen LogP contribution is -2.55. The van der Waals surface area contributed by atoms with E-state index in [9.17, 15) is 14.4 Å². The minimum absolute atomic E-state index is 0.0554. The van der Waals surface area contributed by atoms with Crippen molar-refractivity contribution >= 4 is 51.0 Å². The largest absolute Gasteiger partial charge is 0.492 e. The second kappa shape index (κ2) is 14.9. The lowest BCUT2D eigenvalue weighted by molar-refractivity contribution is -0.129. The zero-order chi connectivity index (χ0) is 37.2. The summed E-state index contributed by atoms with van der Waals surface area (Å²) in [5.74, 6) is 0.454. The predicted molar refractivity (Wildman–Crippen MR) is 204 cm³/mol. The molecule has 11 heteroatoms. The molecule has 0 saturated carbocycles. The van der Waals surface area contributed by atoms with Gasteiger partial charge in [0.25, 0.3) is 11.8 Å². The molecule has 0 spiro atoms. The molecule has 4 aromatic carbocycles. The number of rotatable bonds is 11. The number of hydrogen-bond donors (Lipinski definition) is 1. The number of carbonyl (C=O) groups is 3. The molecule has 3 amide bonds. The lowest BCUT2D eigenvalue weighted by atomic mass is 9.93. The van der Waals surface area contributed by atoms with E-state index in [-0.39, 0.29) is 23.3 Å². The van der Waals surface area contributed by atoms with Crippen molar-refractivity contribution in [3.05, 3.63) is 102 Å². The highest BCUT2D eigenvalue weighted by Gasteiger charge is 2.39. The van der Waals surface area contributed by atoms with Crippen LogP contribution < -0.4 is 19.8 Å². The molecule has 6 rings (SSSR count). The van der Waals surface area contributed by atoms with Gasteiger partial charge in [-0.2, -0.15) is 5.10 Å². The van der Waals surface area contributed by atoms with Gasteiger partial charge in [0.1, 0.15) is 29.2 Å². The molecule has 0 bridgehead atoms. The van der Waals surface area contributed by atoms with Crippen molar-refractivity contribution in [2.45, 2.75) is 45.6 Å². The minimum Gasteiger partial charge on any atom is -0.492 e. The quantitative estimate of drug-likeness (QED) is 0.112. The van der Waals surface area contributed by atoms with E-state index in [1.54, 1.807) is 37.8 Å². The standard InChI is InChI=1S/C41H45N5O6/c1-8-27-25-46(38(47)36-23-29-22-30(18-19-34(29)51-36)50-21-20-44(5)6)33-24-35(31-16-12-13-17-32(31)37(27)33)52-40(49)45(7)41(3,4)39(48)43-42-26(2)28-14-10-9-11-15-28/h9-19,22-24,27H,8,20-21,25H2,1-7H3,(H,43,48)/b42-26+/t27-/m1/s1. The molecule has 0 radical (unpaired) electrons. The number of anilines is 1. The SMILES string of the molecule is CC[C@@H]1CN(C(=O)c2cc3cc(OCCN(C)C)ccc3o2)c2cc(OC(=O)N(C)C(C)(C)C(=O)N/N=C(\C)c3ccccc3)c3ccccc3c21. The smallest absolute Gasteiger partial charge is 0.415 e. The van der Waals surface area contributed by atoms with Crippen molar-refractivity contribution in [2.24, 2.45) is 5.10 Å². The zero-order valence-corrected chi connectivity index (χ0v) is 30.7. The van der Waals surface area contributed by atoms with E-state index in [4.69, 9.17) is 13.9 Å². The van der Waals surface area contributed by atoms with Gasteiger partial charge in [-0.05, 0) is 82.1 Å². The predicted octanol–water partition coefficient (Wildman–Crippen LogP) is 7.43. The minimum atomic E-state index is -1.32. The third-order valence-electron chi connectivity index (χ3n) is 9.75. The zero-order valence-electron chi connectivity index (χ0n) is 30.7. The van der Waals surface area contributed by atoms with Crippen molar-refractivity contribution in [3.8, 4) is 11.5 Å². The highest BCUT2D eigenvalue weighted by Crippen LogP contribution is 2.47. The Hall–Kier alpha value is -5.68. The summed E-state index contributed by atoms with van der Waals surface area (Å²) in [7, 11) is 5.48. The number of hydrogen-bond acceptors (Lipinski definition) is 8. The van der Waals surface area contributed by atoms with Gasteiger partial charge in [0.2, 0.25) is 0 Å². The molecule has 52 heavy (non-hydrogen) atoms. The summed E-state index contributed by atoms with van der Waals surface area (Å²) < 4.78 is 18.0. The Balaban J connectivity index is 1.26. The third-order valence-corrected chi connectivity index (χ3v) is 9.75. The van der Waals surface area contributed by atoms with Gasteiger partial charge in [-0.15, -0.1) is 0 Å². The van der Waals surface area contributed by atoms with Gasteiger partial charge in [0.15, 0.2) is 5.76 Å². The fourth-order valence-electron chi connectivity index (χ4n) is 6.28. The Morgan fingerprint density at radius 1 is 0.962 bits per heavy atom. The number of furan rings is 1. The number of benzene rings is 4. The van der Waals surface area contributed by atoms with E-state index in [1.807, 2.05) is 91.8 Å². The Bertz CT molecular complexity index is 2160. The number of nitrogens with one attached hydrogen (secondary N) is 1. The van der Waals surface area contributed by atoms with Crippen LogP contribution in [0, 0.1) is 0 Å². The van der Waals surface area contributed by atoms with Crippen LogP contribution in [-0.2, 0) is 4.79 Å². The number of fused-ring (bicyclic) bond motifs is 4. The Kier molecular flexibility index (Phi) is 10.3. The second-order valence-corrected chi connectivity index (χ2v) is 13.8. The van der Waals surface area contributed by atoms with E-state index in [1.165, 1.54) is 11.9 Å². The molecule has 1 atom stereocenters. The highest BCUT2D eigenvalue weighted by atomic mass is 16.6. The topological polar surface area (TPSA) is 117 Å². The van der Waals surface area contributed by atoms with E-state index in [0.29, 0.717) is 35.9 Å². The van der Waals surface area contributed by atoms with Crippen LogP contribution in [0.5, 0.6) is 11.5 Å². The normalized spacial score (nSPS) is 14.5. The summed E-state index contributed by atoms with van der Waals surface area (Å²) >= 11 is 0. The Morgan fingerprint density at radius 3 is 2.38 bits per heavy atom. The Labute approximate surface area is 303 Å². The fourth-order valence-corrected chi connectivity index (χ4v) is 6.28. The maximum atomic E-state index is 14.2. The molecule has 0 unspecified atom stereocenters. The maximum absolute atomic E-state index is 14.2. The molecular formula is C41H45N5O6. The molecule has 0 aliphatic carbocycles. The molecule has 1 aliphatic rings. The monoisotopic (exact) mass is 703 g/mol. The summed E-state index contributed by atoms with van der Waals surface area (Å²) in [4.78, 5) is 46.2. The van der Waals surface area contributed by atoms with Crippen LogP contribution >= 0.6 is 0 Å². The summed E-state index contributed by atoms with van der Waals surface area (Å²) in [5.41, 5.74) is 5.01. The van der Waals surface area contributed by atoms with Crippen LogP contribution in [0.1, 0.15) is 61.7 Å². The summed E-state index contributed by atoms with van der Waals surface area (Å²) in [6, 6.07) is 26.2. The molecule has 1 aliphatic heterocycles. The van der Waals surface area contributed by atoms with Crippen molar-refractivity contribution < 1.29 is 28.3 Å². The highest BCUT2D eigenvalue weighted by molar-refractivity contribution is 6.10. The van der Waals surface area contributed by atoms with Crippen LogP contribution in [0.4, 0.5) is 10.5 Å². The summed E-state index contributed by atoms with van der Waals surface area (Å²) in [6.45, 7) is 8.89. The van der Waals surface area contributed by atoms with Crippen molar-refractivity contribution in [1.29, 1.82) is 0 Å². The molecule has 0 fully saturated rings. The van der Waals surface area contributed by atoms with E-state index >= 15 is 0 Å². The van der Waals surface area contributed by atoms with Gasteiger partial charge in [0.05, 0.1) is 11.4 Å². The number of likely N-dealkylation sites (N-methyl/N-ethyl adjacent to an activating group) is 2. The summed E-state index contributed by atoms with van der Waals surface area (Å²) in [6.07, 6.45) is 0.0594. The van der Waals surface area contributed by atoms with Crippen molar-refractivity contribution in [1.82, 2.24) is 15.2 Å². The van der Waals surface area contributed by atoms with E-state index < -0.39 is 17.5 Å². The molecule has 1 aromatic heterocycles. The molecule has 1 N–H and O–H groups in total. The van der Waals surface area contributed by atoms with Crippen LogP contribution in [0.15, 0.2) is 94.4 Å². The fraction of sp³-hybridized carbons (Fsp3) is 0.317. The average molecular weight is 704 g/mol. The molecule has 2 heterocycles. The van der Waals surface area contributed by atoms with E-state index in [2.05, 4.69) is 17.5 Å². The number of carbonyl (C=O) groups excluding carboxylic acids is 3.